The molecule has 5 heteroatoms. The molecule has 2 heterocycles. The Bertz CT molecular complexity index is 1550. The number of aromatic hydroxyl groups is 1. The molecule has 0 amide bonds. The van der Waals surface area contributed by atoms with Crippen molar-refractivity contribution < 1.29 is 15.3 Å². The smallest absolute Gasteiger partial charge is 0.162 e. The van der Waals surface area contributed by atoms with Crippen LogP contribution in [0.5, 0.6) is 5.75 Å². The third-order valence-electron chi connectivity index (χ3n) is 10.2. The van der Waals surface area contributed by atoms with Crippen molar-refractivity contribution in [1.29, 1.82) is 0 Å². The van der Waals surface area contributed by atoms with Gasteiger partial charge in [-0.3, -0.25) is 0 Å². The molecule has 2 aliphatic heterocycles. The van der Waals surface area contributed by atoms with Crippen molar-refractivity contribution in [3.05, 3.63) is 161 Å². The number of anilines is 2. The van der Waals surface area contributed by atoms with Crippen LogP contribution in [0, 0.1) is 6.92 Å². The molecule has 2 saturated heterocycles. The summed E-state index contributed by atoms with van der Waals surface area (Å²) >= 11 is 0. The highest BCUT2D eigenvalue weighted by Crippen LogP contribution is 2.50. The van der Waals surface area contributed by atoms with Gasteiger partial charge in [0.15, 0.2) is 5.75 Å². The number of phenols is 1. The first-order valence-corrected chi connectivity index (χ1v) is 16.5. The SMILES string of the molecule is Cc1cc(N2CCCC2C(O)(c2ccccc2)c2ccccc2)c(O)c(N2CCCC2C(O)(c2ccccc2)c2ccccc2)c1. The Kier molecular flexibility index (Phi) is 8.06. The van der Waals surface area contributed by atoms with E-state index < -0.39 is 11.2 Å². The highest BCUT2D eigenvalue weighted by atomic mass is 16.3. The van der Waals surface area contributed by atoms with E-state index >= 15 is 0 Å². The monoisotopic (exact) mass is 610 g/mol. The Morgan fingerprint density at radius 3 is 1.13 bits per heavy atom. The Balaban J connectivity index is 1.33. The number of aryl methyl sites for hydroxylation is 1. The molecule has 0 bridgehead atoms. The van der Waals surface area contributed by atoms with Crippen LogP contribution < -0.4 is 9.80 Å². The van der Waals surface area contributed by atoms with Crippen LogP contribution in [0.2, 0.25) is 0 Å². The van der Waals surface area contributed by atoms with Gasteiger partial charge in [0.05, 0.1) is 23.5 Å². The van der Waals surface area contributed by atoms with Crippen molar-refractivity contribution in [3.8, 4) is 5.75 Å². The highest BCUT2D eigenvalue weighted by Gasteiger charge is 2.48. The third kappa shape index (κ3) is 5.04. The van der Waals surface area contributed by atoms with Crippen LogP contribution >= 0.6 is 0 Å². The second-order valence-electron chi connectivity index (χ2n) is 12.9. The minimum atomic E-state index is -1.29. The molecule has 0 radical (unpaired) electrons. The summed E-state index contributed by atoms with van der Waals surface area (Å²) in [7, 11) is 0. The molecule has 2 atom stereocenters. The second-order valence-corrected chi connectivity index (χ2v) is 12.9. The average molecular weight is 611 g/mol. The zero-order chi connectivity index (χ0) is 31.7. The zero-order valence-electron chi connectivity index (χ0n) is 26.3. The van der Waals surface area contributed by atoms with Gasteiger partial charge in [0, 0.05) is 13.1 Å². The van der Waals surface area contributed by atoms with Gasteiger partial charge in [0.1, 0.15) is 11.2 Å². The fraction of sp³-hybridized carbons (Fsp3) is 0.268. The Morgan fingerprint density at radius 1 is 0.522 bits per heavy atom. The van der Waals surface area contributed by atoms with Crippen molar-refractivity contribution in [3.63, 3.8) is 0 Å². The number of nitrogens with zero attached hydrogens (tertiary/aromatic N) is 2. The first-order chi connectivity index (χ1) is 22.4. The van der Waals surface area contributed by atoms with Crippen molar-refractivity contribution in [1.82, 2.24) is 0 Å². The minimum Gasteiger partial charge on any atom is -0.504 e. The first kappa shape index (κ1) is 30.1. The van der Waals surface area contributed by atoms with E-state index in [1.165, 1.54) is 0 Å². The normalized spacial score (nSPS) is 18.7. The van der Waals surface area contributed by atoms with E-state index in [2.05, 4.69) is 16.7 Å². The number of hydrogen-bond donors (Lipinski definition) is 3. The molecule has 7 rings (SSSR count). The molecular weight excluding hydrogens is 568 g/mol. The minimum absolute atomic E-state index is 0.191. The van der Waals surface area contributed by atoms with Gasteiger partial charge in [0.2, 0.25) is 0 Å². The Morgan fingerprint density at radius 2 is 0.826 bits per heavy atom. The molecule has 0 saturated carbocycles. The largest absolute Gasteiger partial charge is 0.504 e. The molecule has 2 fully saturated rings. The third-order valence-corrected chi connectivity index (χ3v) is 10.2. The summed E-state index contributed by atoms with van der Waals surface area (Å²) in [6.45, 7) is 3.48. The summed E-state index contributed by atoms with van der Waals surface area (Å²) in [5, 5.41) is 37.8. The number of phenolic OH excluding ortho intramolecular Hbond substituents is 1. The van der Waals surface area contributed by atoms with Gasteiger partial charge in [-0.2, -0.15) is 0 Å². The summed E-state index contributed by atoms with van der Waals surface area (Å²) in [5.41, 5.74) is 3.22. The van der Waals surface area contributed by atoms with Crippen LogP contribution in [0.4, 0.5) is 11.4 Å². The van der Waals surface area contributed by atoms with E-state index in [4.69, 9.17) is 0 Å². The van der Waals surface area contributed by atoms with Crippen LogP contribution in [0.25, 0.3) is 0 Å². The summed E-state index contributed by atoms with van der Waals surface area (Å²) in [6, 6.07) is 43.1. The molecule has 3 N–H and O–H groups in total. The molecule has 5 aromatic carbocycles. The summed E-state index contributed by atoms with van der Waals surface area (Å²) in [4.78, 5) is 4.41. The van der Waals surface area contributed by atoms with Gasteiger partial charge in [0.25, 0.3) is 0 Å². The fourth-order valence-corrected chi connectivity index (χ4v) is 8.03. The molecule has 0 aromatic heterocycles. The maximum absolute atomic E-state index is 12.8. The lowest BCUT2D eigenvalue weighted by atomic mass is 9.78. The van der Waals surface area contributed by atoms with Gasteiger partial charge in [-0.1, -0.05) is 121 Å². The van der Waals surface area contributed by atoms with E-state index in [-0.39, 0.29) is 17.8 Å². The molecule has 0 spiro atoms. The zero-order valence-corrected chi connectivity index (χ0v) is 26.3. The second kappa shape index (κ2) is 12.3. The molecule has 2 unspecified atom stereocenters. The lowest BCUT2D eigenvalue weighted by Crippen LogP contribution is -2.49. The first-order valence-electron chi connectivity index (χ1n) is 16.5. The molecular formula is C41H42N2O3. The number of benzene rings is 5. The van der Waals surface area contributed by atoms with E-state index in [1.54, 1.807) is 0 Å². The van der Waals surface area contributed by atoms with Gasteiger partial charge < -0.3 is 25.1 Å². The van der Waals surface area contributed by atoms with Gasteiger partial charge in [-0.25, -0.2) is 0 Å². The van der Waals surface area contributed by atoms with E-state index in [1.807, 2.05) is 133 Å². The summed E-state index contributed by atoms with van der Waals surface area (Å²) in [6.07, 6.45) is 3.33. The van der Waals surface area contributed by atoms with Crippen LogP contribution in [0.3, 0.4) is 0 Å². The van der Waals surface area contributed by atoms with Crippen LogP contribution in [-0.2, 0) is 11.2 Å². The van der Waals surface area contributed by atoms with Crippen molar-refractivity contribution in [2.45, 2.75) is 55.9 Å². The van der Waals surface area contributed by atoms with Gasteiger partial charge >= 0.3 is 0 Å². The number of rotatable bonds is 8. The Labute approximate surface area is 272 Å². The number of aliphatic hydroxyl groups is 2. The Hall–Kier alpha value is -4.58. The van der Waals surface area contributed by atoms with Crippen LogP contribution in [0.1, 0.15) is 53.5 Å². The molecule has 2 aliphatic rings. The molecule has 46 heavy (non-hydrogen) atoms. The predicted octanol–water partition coefficient (Wildman–Crippen LogP) is 7.51. The van der Waals surface area contributed by atoms with Crippen molar-refractivity contribution in [2.75, 3.05) is 22.9 Å². The molecule has 5 nitrogen and oxygen atoms in total. The van der Waals surface area contributed by atoms with E-state index in [0.29, 0.717) is 13.1 Å². The topological polar surface area (TPSA) is 67.2 Å². The summed E-state index contributed by atoms with van der Waals surface area (Å²) in [5.74, 6) is 0.191. The maximum Gasteiger partial charge on any atom is 0.162 e. The lowest BCUT2D eigenvalue weighted by Gasteiger charge is -2.43. The van der Waals surface area contributed by atoms with Crippen molar-refractivity contribution >= 4 is 11.4 Å². The van der Waals surface area contributed by atoms with E-state index in [0.717, 1.165) is 64.9 Å². The average Bonchev–Trinajstić information content (AvgIpc) is 3.81. The predicted molar refractivity (Wildman–Crippen MR) is 185 cm³/mol. The quantitative estimate of drug-likeness (QED) is 0.170. The highest BCUT2D eigenvalue weighted by molar-refractivity contribution is 5.76. The van der Waals surface area contributed by atoms with E-state index in [9.17, 15) is 15.3 Å². The summed E-state index contributed by atoms with van der Waals surface area (Å²) < 4.78 is 0. The van der Waals surface area contributed by atoms with Crippen molar-refractivity contribution in [2.24, 2.45) is 0 Å². The van der Waals surface area contributed by atoms with Gasteiger partial charge in [-0.05, 0) is 72.6 Å². The fourth-order valence-electron chi connectivity index (χ4n) is 8.03. The standard InChI is InChI=1S/C41H42N2O3/c1-30-28-35(42-26-14-24-37(42)40(45,31-16-6-2-7-17-31)32-18-8-3-9-19-32)39(44)36(29-30)43-27-15-25-38(43)41(46,33-20-10-4-11-21-33)34-22-12-5-13-23-34/h2-13,16-23,28-29,37-38,44-46H,14-15,24-27H2,1H3. The molecule has 234 valence electrons. The molecule has 5 aromatic rings. The van der Waals surface area contributed by atoms with Gasteiger partial charge in [-0.15, -0.1) is 0 Å². The van der Waals surface area contributed by atoms with Crippen LogP contribution in [0.15, 0.2) is 133 Å². The van der Waals surface area contributed by atoms with Crippen LogP contribution in [-0.4, -0.2) is 40.5 Å². The number of hydrogen-bond acceptors (Lipinski definition) is 5. The maximum atomic E-state index is 12.8. The molecule has 0 aliphatic carbocycles. The lowest BCUT2D eigenvalue weighted by molar-refractivity contribution is 0.0527.